The second kappa shape index (κ2) is 15.0. The van der Waals surface area contributed by atoms with Crippen LogP contribution >= 0.6 is 0 Å². The van der Waals surface area contributed by atoms with Gasteiger partial charge in [-0.05, 0) is 77.8 Å². The van der Waals surface area contributed by atoms with E-state index in [2.05, 4.69) is 124 Å². The van der Waals surface area contributed by atoms with Gasteiger partial charge in [-0.25, -0.2) is 4.98 Å². The van der Waals surface area contributed by atoms with Crippen molar-refractivity contribution in [2.75, 3.05) is 0 Å². The van der Waals surface area contributed by atoms with Crippen LogP contribution in [0.3, 0.4) is 0 Å². The number of fused-ring (bicyclic) bond motifs is 12. The van der Waals surface area contributed by atoms with E-state index in [4.69, 9.17) is 15.5 Å². The summed E-state index contributed by atoms with van der Waals surface area (Å²) in [5, 5.41) is 6.21. The summed E-state index contributed by atoms with van der Waals surface area (Å²) in [4.78, 5) is 11.0. The molecule has 0 atom stereocenters. The van der Waals surface area contributed by atoms with Gasteiger partial charge in [0.05, 0.1) is 66.5 Å². The van der Waals surface area contributed by atoms with E-state index in [1.165, 1.54) is 0 Å². The van der Waals surface area contributed by atoms with Gasteiger partial charge in [0.25, 0.3) is 0 Å². The Labute approximate surface area is 413 Å². The highest BCUT2D eigenvalue weighted by Gasteiger charge is 2.25. The largest absolute Gasteiger partial charge is 0.309 e. The number of hydrogen-bond donors (Lipinski definition) is 0. The quantitative estimate of drug-likeness (QED) is 0.167. The van der Waals surface area contributed by atoms with Crippen molar-refractivity contribution in [2.45, 2.75) is 0 Å². The molecule has 0 saturated heterocycles. The first kappa shape index (κ1) is 31.5. The van der Waals surface area contributed by atoms with Gasteiger partial charge in [-0.2, -0.15) is 4.98 Å². The van der Waals surface area contributed by atoms with E-state index in [0.29, 0.717) is 43.8 Å². The molecular formula is C64H40N6. The number of hydrogen-bond acceptors (Lipinski definition) is 2. The fourth-order valence-corrected chi connectivity index (χ4v) is 11.0. The number of aromatic nitrogens is 6. The van der Waals surface area contributed by atoms with Crippen LogP contribution in [-0.4, -0.2) is 28.2 Å². The zero-order valence-electron chi connectivity index (χ0n) is 45.2. The van der Waals surface area contributed by atoms with Crippen molar-refractivity contribution in [3.8, 4) is 45.5 Å². The predicted molar refractivity (Wildman–Crippen MR) is 290 cm³/mol. The van der Waals surface area contributed by atoms with E-state index in [1.54, 1.807) is 9.13 Å². The molecule has 6 nitrogen and oxygen atoms in total. The average molecular weight is 901 g/mol. The molecule has 0 amide bonds. The van der Waals surface area contributed by atoms with Gasteiger partial charge in [0.1, 0.15) is 5.82 Å². The maximum Gasteiger partial charge on any atom is 0.237 e. The molecule has 0 fully saturated rings. The van der Waals surface area contributed by atoms with E-state index >= 15 is 0 Å². The van der Waals surface area contributed by atoms with Crippen LogP contribution < -0.4 is 0 Å². The number of rotatable bonds is 6. The summed E-state index contributed by atoms with van der Waals surface area (Å²) in [7, 11) is 0. The fourth-order valence-electron chi connectivity index (χ4n) is 11.0. The minimum absolute atomic E-state index is 0.0764. The third-order valence-corrected chi connectivity index (χ3v) is 13.9. The standard InChI is InChI=1S/C64H40N6/c1-9-30-53-44(21-1)45-22-2-10-31-54(45)67(53)42-20-17-19-41(39-42)43-29-18-38-61(68-55-32-11-3-23-46(55)47-24-4-12-33-56(47)68)63(43)52-40-62(69-57-34-13-5-25-48(57)49-26-6-14-35-58(49)69)66-64(65-52)70-59-36-15-7-27-50(59)51-28-8-16-37-60(51)70/h1-40H/i5D,7D,13D,15D,25D,27D,34D,36D. The van der Waals surface area contributed by atoms with Crippen molar-refractivity contribution in [3.63, 3.8) is 0 Å². The zero-order chi connectivity index (χ0) is 52.8. The first-order valence-electron chi connectivity index (χ1n) is 27.2. The monoisotopic (exact) mass is 900 g/mol. The van der Waals surface area contributed by atoms with Crippen LogP contribution in [0, 0.1) is 0 Å². The Kier molecular flexibility index (Phi) is 6.74. The Balaban J connectivity index is 1.12. The lowest BCUT2D eigenvalue weighted by Crippen LogP contribution is -2.09. The Bertz CT molecular complexity index is 4840. The molecule has 0 radical (unpaired) electrons. The summed E-state index contributed by atoms with van der Waals surface area (Å²) in [6, 6.07) is 62.4. The van der Waals surface area contributed by atoms with Gasteiger partial charge in [-0.15, -0.1) is 0 Å². The summed E-state index contributed by atoms with van der Waals surface area (Å²) in [5.41, 5.74) is 10.1. The van der Waals surface area contributed by atoms with Crippen molar-refractivity contribution >= 4 is 87.2 Å². The maximum absolute atomic E-state index is 9.53. The van der Waals surface area contributed by atoms with Crippen LogP contribution in [0.15, 0.2) is 242 Å². The van der Waals surface area contributed by atoms with Gasteiger partial charge in [0.15, 0.2) is 0 Å². The molecule has 6 heteroatoms. The third-order valence-electron chi connectivity index (χ3n) is 13.9. The van der Waals surface area contributed by atoms with E-state index in [0.717, 1.165) is 66.1 Å². The summed E-state index contributed by atoms with van der Waals surface area (Å²) in [5.74, 6) is 0.340. The van der Waals surface area contributed by atoms with Crippen LogP contribution in [0.4, 0.5) is 0 Å². The highest BCUT2D eigenvalue weighted by molar-refractivity contribution is 6.13. The Hall–Kier alpha value is -9.52. The Morgan fingerprint density at radius 1 is 0.329 bits per heavy atom. The minimum atomic E-state index is -0.409. The second-order valence-corrected chi connectivity index (χ2v) is 17.6. The smallest absolute Gasteiger partial charge is 0.237 e. The molecule has 0 N–H and O–H groups in total. The highest BCUT2D eigenvalue weighted by Crippen LogP contribution is 2.44. The number of benzene rings is 10. The summed E-state index contributed by atoms with van der Waals surface area (Å²) in [6.45, 7) is 0. The SMILES string of the molecule is [2H]c1c([2H])c([2H])c2c(c1[2H])c1ccccc1n2-c1cc(-c2c(-c3cccc(-n4c5ccccc5c5ccccc54)c3)cccc2-n2c3ccccc3c3ccccc32)nc(-n2c3ccccc3c3c([2H])c([2H])c([2H])c([2H])c32)n1. The Morgan fingerprint density at radius 2 is 0.771 bits per heavy atom. The second-order valence-electron chi connectivity index (χ2n) is 17.6. The highest BCUT2D eigenvalue weighted by atomic mass is 15.2. The molecule has 5 heterocycles. The van der Waals surface area contributed by atoms with Crippen LogP contribution in [-0.2, 0) is 0 Å². The summed E-state index contributed by atoms with van der Waals surface area (Å²) >= 11 is 0. The Morgan fingerprint density at radius 3 is 1.33 bits per heavy atom. The topological polar surface area (TPSA) is 45.5 Å². The lowest BCUT2D eigenvalue weighted by molar-refractivity contribution is 0.951. The molecule has 15 aromatic rings. The van der Waals surface area contributed by atoms with Crippen LogP contribution in [0.1, 0.15) is 11.0 Å². The third kappa shape index (κ3) is 5.56. The molecule has 5 aromatic heterocycles. The normalized spacial score (nSPS) is 13.6. The molecule has 0 spiro atoms. The molecule has 0 aliphatic carbocycles. The van der Waals surface area contributed by atoms with E-state index in [1.807, 2.05) is 78.9 Å². The first-order chi connectivity index (χ1) is 38.1. The molecule has 326 valence electrons. The van der Waals surface area contributed by atoms with Gasteiger partial charge < -0.3 is 9.13 Å². The van der Waals surface area contributed by atoms with E-state index < -0.39 is 12.1 Å². The zero-order valence-corrected chi connectivity index (χ0v) is 37.2. The maximum atomic E-state index is 9.53. The van der Waals surface area contributed by atoms with Crippen LogP contribution in [0.2, 0.25) is 0 Å². The molecule has 15 rings (SSSR count). The first-order valence-corrected chi connectivity index (χ1v) is 23.2. The van der Waals surface area contributed by atoms with E-state index in [-0.39, 0.29) is 59.1 Å². The van der Waals surface area contributed by atoms with Crippen molar-refractivity contribution in [1.29, 1.82) is 0 Å². The fraction of sp³-hybridized carbons (Fsp3) is 0. The van der Waals surface area contributed by atoms with Gasteiger partial charge in [-0.3, -0.25) is 9.13 Å². The minimum Gasteiger partial charge on any atom is -0.309 e. The molecular weight excluding hydrogens is 853 g/mol. The molecule has 0 aliphatic rings. The van der Waals surface area contributed by atoms with Crippen molar-refractivity contribution in [3.05, 3.63) is 242 Å². The average Bonchev–Trinajstić information content (AvgIpc) is 4.31. The molecule has 0 bridgehead atoms. The number of para-hydroxylation sites is 8. The van der Waals surface area contributed by atoms with Gasteiger partial charge in [0, 0.05) is 60.4 Å². The summed E-state index contributed by atoms with van der Waals surface area (Å²) in [6.07, 6.45) is 0. The lowest BCUT2D eigenvalue weighted by atomic mass is 9.95. The molecule has 70 heavy (non-hydrogen) atoms. The molecule has 10 aromatic carbocycles. The van der Waals surface area contributed by atoms with E-state index in [9.17, 15) is 5.48 Å². The lowest BCUT2D eigenvalue weighted by Gasteiger charge is -2.20. The van der Waals surface area contributed by atoms with Crippen molar-refractivity contribution in [2.24, 2.45) is 0 Å². The van der Waals surface area contributed by atoms with Crippen molar-refractivity contribution in [1.82, 2.24) is 28.2 Å². The number of nitrogens with zero attached hydrogens (tertiary/aromatic N) is 6. The van der Waals surface area contributed by atoms with Gasteiger partial charge in [0.2, 0.25) is 5.95 Å². The van der Waals surface area contributed by atoms with Crippen molar-refractivity contribution < 1.29 is 11.0 Å². The molecule has 0 aliphatic heterocycles. The predicted octanol–water partition coefficient (Wildman–Crippen LogP) is 16.2. The molecule has 0 saturated carbocycles. The van der Waals surface area contributed by atoms with Crippen LogP contribution in [0.5, 0.6) is 0 Å². The summed E-state index contributed by atoms with van der Waals surface area (Å²) < 4.78 is 81.2. The van der Waals surface area contributed by atoms with Gasteiger partial charge >= 0.3 is 0 Å². The van der Waals surface area contributed by atoms with Crippen LogP contribution in [0.25, 0.3) is 133 Å². The molecule has 0 unspecified atom stereocenters. The van der Waals surface area contributed by atoms with Gasteiger partial charge in [-0.1, -0.05) is 170 Å².